The first-order valence-electron chi connectivity index (χ1n) is 8.50. The smallest absolute Gasteiger partial charge is 0.0692 e. The largest absolute Gasteiger partial charge is 0.392 e. The number of hydrogen-bond donors (Lipinski definition) is 2. The zero-order valence-corrected chi connectivity index (χ0v) is 14.0. The Kier molecular flexibility index (Phi) is 5.45. The molecule has 0 fully saturated rings. The molecule has 1 aromatic rings. The highest BCUT2D eigenvalue weighted by atomic mass is 16.3. The van der Waals surface area contributed by atoms with Gasteiger partial charge in [-0.05, 0) is 35.3 Å². The number of aliphatic hydroxyl groups excluding tert-OH is 1. The van der Waals surface area contributed by atoms with Gasteiger partial charge in [-0.1, -0.05) is 64.8 Å². The molecule has 0 aromatic heterocycles. The van der Waals surface area contributed by atoms with Crippen LogP contribution in [0.15, 0.2) is 24.3 Å². The normalized spacial score (nSPS) is 22.1. The van der Waals surface area contributed by atoms with Gasteiger partial charge in [0.2, 0.25) is 0 Å². The van der Waals surface area contributed by atoms with Gasteiger partial charge >= 0.3 is 0 Å². The van der Waals surface area contributed by atoms with E-state index in [0.717, 1.165) is 19.3 Å². The Morgan fingerprint density at radius 3 is 2.57 bits per heavy atom. The third kappa shape index (κ3) is 3.67. The van der Waals surface area contributed by atoms with E-state index in [2.05, 4.69) is 57.3 Å². The zero-order chi connectivity index (χ0) is 15.5. The van der Waals surface area contributed by atoms with Crippen molar-refractivity contribution in [1.29, 1.82) is 0 Å². The predicted octanol–water partition coefficient (Wildman–Crippen LogP) is 4.19. The van der Waals surface area contributed by atoms with Crippen LogP contribution >= 0.6 is 0 Å². The number of hydrogen-bond acceptors (Lipinski definition) is 2. The van der Waals surface area contributed by atoms with Gasteiger partial charge in [-0.25, -0.2) is 0 Å². The maximum atomic E-state index is 10.3. The summed E-state index contributed by atoms with van der Waals surface area (Å²) in [5.74, 6) is 0.410. The molecule has 1 aliphatic rings. The second-order valence-corrected chi connectivity index (χ2v) is 7.11. The molecule has 21 heavy (non-hydrogen) atoms. The highest BCUT2D eigenvalue weighted by Gasteiger charge is 2.32. The van der Waals surface area contributed by atoms with E-state index in [4.69, 9.17) is 0 Å². The number of rotatable bonds is 6. The number of nitrogens with one attached hydrogen (secondary N) is 1. The lowest BCUT2D eigenvalue weighted by atomic mass is 9.71. The lowest BCUT2D eigenvalue weighted by Crippen LogP contribution is -2.38. The fourth-order valence-electron chi connectivity index (χ4n) is 3.69. The average Bonchev–Trinajstić information content (AvgIpc) is 2.48. The summed E-state index contributed by atoms with van der Waals surface area (Å²) < 4.78 is 0. The quantitative estimate of drug-likeness (QED) is 0.823. The van der Waals surface area contributed by atoms with Gasteiger partial charge in [-0.15, -0.1) is 0 Å². The molecule has 0 bridgehead atoms. The van der Waals surface area contributed by atoms with Crippen molar-refractivity contribution in [2.45, 2.75) is 70.9 Å². The van der Waals surface area contributed by atoms with Gasteiger partial charge in [0.05, 0.1) is 6.10 Å². The molecule has 0 aliphatic heterocycles. The molecular weight excluding hydrogens is 258 g/mol. The Bertz CT molecular complexity index is 451. The molecule has 2 rings (SSSR count). The van der Waals surface area contributed by atoms with E-state index in [1.54, 1.807) is 0 Å². The molecule has 0 amide bonds. The molecule has 1 aromatic carbocycles. The topological polar surface area (TPSA) is 32.3 Å². The van der Waals surface area contributed by atoms with Gasteiger partial charge in [0, 0.05) is 12.6 Å². The third-order valence-electron chi connectivity index (χ3n) is 5.29. The number of fused-ring (bicyclic) bond motifs is 1. The minimum Gasteiger partial charge on any atom is -0.392 e. The summed E-state index contributed by atoms with van der Waals surface area (Å²) >= 11 is 0. The predicted molar refractivity (Wildman–Crippen MR) is 89.5 cm³/mol. The van der Waals surface area contributed by atoms with Crippen molar-refractivity contribution in [2.24, 2.45) is 5.92 Å². The summed E-state index contributed by atoms with van der Waals surface area (Å²) in [6.45, 7) is 9.69. The summed E-state index contributed by atoms with van der Waals surface area (Å²) in [7, 11) is 0. The van der Waals surface area contributed by atoms with Crippen LogP contribution in [0, 0.1) is 5.92 Å². The Morgan fingerprint density at radius 1 is 1.24 bits per heavy atom. The van der Waals surface area contributed by atoms with Crippen LogP contribution in [0.5, 0.6) is 0 Å². The van der Waals surface area contributed by atoms with Crippen LogP contribution in [0.4, 0.5) is 0 Å². The molecule has 0 radical (unpaired) electrons. The first kappa shape index (κ1) is 16.5. The first-order valence-corrected chi connectivity index (χ1v) is 8.50. The lowest BCUT2D eigenvalue weighted by Gasteiger charge is -2.38. The van der Waals surface area contributed by atoms with Crippen LogP contribution in [0.3, 0.4) is 0 Å². The third-order valence-corrected chi connectivity index (χ3v) is 5.29. The summed E-state index contributed by atoms with van der Waals surface area (Å²) in [6, 6.07) is 9.17. The molecule has 2 heteroatoms. The van der Waals surface area contributed by atoms with Crippen LogP contribution in [0.2, 0.25) is 0 Å². The minimum atomic E-state index is -0.234. The molecule has 0 heterocycles. The Hall–Kier alpha value is -0.860. The molecule has 1 aliphatic carbocycles. The van der Waals surface area contributed by atoms with Crippen molar-refractivity contribution in [3.63, 3.8) is 0 Å². The average molecular weight is 289 g/mol. The van der Waals surface area contributed by atoms with Crippen LogP contribution in [0.1, 0.15) is 70.5 Å². The molecule has 118 valence electrons. The van der Waals surface area contributed by atoms with Gasteiger partial charge in [0.15, 0.2) is 0 Å². The molecular formula is C19H31NO. The van der Waals surface area contributed by atoms with Crippen molar-refractivity contribution in [2.75, 3.05) is 6.54 Å². The van der Waals surface area contributed by atoms with Crippen molar-refractivity contribution in [3.05, 3.63) is 35.4 Å². The van der Waals surface area contributed by atoms with E-state index in [9.17, 15) is 5.11 Å². The van der Waals surface area contributed by atoms with Gasteiger partial charge in [-0.2, -0.15) is 0 Å². The SMILES string of the molecule is CCC(CC)C(O)CNC1CCC(C)(C)c2ccccc21. The molecule has 0 saturated heterocycles. The summed E-state index contributed by atoms with van der Waals surface area (Å²) in [5, 5.41) is 13.9. The van der Waals surface area contributed by atoms with Crippen molar-refractivity contribution in [3.8, 4) is 0 Å². The second kappa shape index (κ2) is 6.93. The Morgan fingerprint density at radius 2 is 1.90 bits per heavy atom. The Balaban J connectivity index is 2.05. The van der Waals surface area contributed by atoms with Crippen molar-refractivity contribution in [1.82, 2.24) is 5.32 Å². The van der Waals surface area contributed by atoms with Gasteiger partial charge in [0.25, 0.3) is 0 Å². The molecule has 2 atom stereocenters. The molecule has 2 unspecified atom stereocenters. The van der Waals surface area contributed by atoms with E-state index in [1.807, 2.05) is 0 Å². The van der Waals surface area contributed by atoms with E-state index >= 15 is 0 Å². The first-order chi connectivity index (χ1) is 9.99. The van der Waals surface area contributed by atoms with Gasteiger partial charge < -0.3 is 10.4 Å². The van der Waals surface area contributed by atoms with Crippen LogP contribution in [0.25, 0.3) is 0 Å². The van der Waals surface area contributed by atoms with E-state index in [-0.39, 0.29) is 11.5 Å². The highest BCUT2D eigenvalue weighted by molar-refractivity contribution is 5.38. The highest BCUT2D eigenvalue weighted by Crippen LogP contribution is 2.41. The monoisotopic (exact) mass is 289 g/mol. The number of benzene rings is 1. The second-order valence-electron chi connectivity index (χ2n) is 7.11. The van der Waals surface area contributed by atoms with E-state index in [1.165, 1.54) is 17.5 Å². The van der Waals surface area contributed by atoms with Gasteiger partial charge in [0.1, 0.15) is 0 Å². The van der Waals surface area contributed by atoms with Crippen molar-refractivity contribution >= 4 is 0 Å². The van der Waals surface area contributed by atoms with E-state index in [0.29, 0.717) is 18.5 Å². The van der Waals surface area contributed by atoms with Crippen LogP contribution in [-0.4, -0.2) is 17.8 Å². The summed E-state index contributed by atoms with van der Waals surface area (Å²) in [5.41, 5.74) is 3.15. The molecule has 0 spiro atoms. The lowest BCUT2D eigenvalue weighted by molar-refractivity contribution is 0.0969. The van der Waals surface area contributed by atoms with E-state index < -0.39 is 0 Å². The van der Waals surface area contributed by atoms with Crippen LogP contribution in [-0.2, 0) is 5.41 Å². The van der Waals surface area contributed by atoms with Gasteiger partial charge in [-0.3, -0.25) is 0 Å². The molecule has 2 N–H and O–H groups in total. The fourth-order valence-corrected chi connectivity index (χ4v) is 3.69. The number of aliphatic hydroxyl groups is 1. The minimum absolute atomic E-state index is 0.234. The summed E-state index contributed by atoms with van der Waals surface area (Å²) in [6.07, 6.45) is 4.21. The Labute approximate surface area is 130 Å². The van der Waals surface area contributed by atoms with Crippen molar-refractivity contribution < 1.29 is 5.11 Å². The fraction of sp³-hybridized carbons (Fsp3) is 0.684. The molecule has 0 saturated carbocycles. The van der Waals surface area contributed by atoms with Crippen LogP contribution < -0.4 is 5.32 Å². The standard InChI is InChI=1S/C19H31NO/c1-5-14(6-2)18(21)13-20-17-11-12-19(3,4)16-10-8-7-9-15(16)17/h7-10,14,17-18,20-21H,5-6,11-13H2,1-4H3. The summed E-state index contributed by atoms with van der Waals surface area (Å²) in [4.78, 5) is 0. The zero-order valence-electron chi connectivity index (χ0n) is 14.0. The molecule has 2 nitrogen and oxygen atoms in total. The maximum absolute atomic E-state index is 10.3. The maximum Gasteiger partial charge on any atom is 0.0692 e.